The number of amides is 1. The predicted molar refractivity (Wildman–Crippen MR) is 81.2 cm³/mol. The van der Waals surface area contributed by atoms with Crippen LogP contribution < -0.4 is 10.6 Å². The van der Waals surface area contributed by atoms with Crippen molar-refractivity contribution >= 4 is 11.6 Å². The first-order valence-electron chi connectivity index (χ1n) is 7.47. The van der Waals surface area contributed by atoms with Crippen LogP contribution in [-0.4, -0.2) is 32.7 Å². The van der Waals surface area contributed by atoms with Crippen molar-refractivity contribution in [3.63, 3.8) is 0 Å². The third-order valence-corrected chi connectivity index (χ3v) is 4.26. The average Bonchev–Trinajstić information content (AvgIpc) is 2.49. The molecule has 1 amide bonds. The molecule has 23 heavy (non-hydrogen) atoms. The molecule has 0 bridgehead atoms. The van der Waals surface area contributed by atoms with Crippen LogP contribution in [0.3, 0.4) is 0 Å². The highest BCUT2D eigenvalue weighted by Crippen LogP contribution is 2.35. The maximum atomic E-state index is 13.0. The van der Waals surface area contributed by atoms with Gasteiger partial charge in [0.25, 0.3) is 0 Å². The lowest BCUT2D eigenvalue weighted by molar-refractivity contribution is -0.138. The number of ether oxygens (including phenoxy) is 1. The van der Waals surface area contributed by atoms with E-state index in [2.05, 4.69) is 10.6 Å². The van der Waals surface area contributed by atoms with Gasteiger partial charge in [-0.05, 0) is 50.6 Å². The summed E-state index contributed by atoms with van der Waals surface area (Å²) >= 11 is 0. The summed E-state index contributed by atoms with van der Waals surface area (Å²) in [6.07, 6.45) is -3.26. The zero-order chi connectivity index (χ0) is 17.1. The monoisotopic (exact) mass is 330 g/mol. The van der Waals surface area contributed by atoms with Gasteiger partial charge in [-0.3, -0.25) is 4.79 Å². The first kappa shape index (κ1) is 17.7. The van der Waals surface area contributed by atoms with Crippen molar-refractivity contribution in [2.24, 2.45) is 5.41 Å². The molecule has 0 spiro atoms. The van der Waals surface area contributed by atoms with Gasteiger partial charge in [-0.25, -0.2) is 0 Å². The van der Waals surface area contributed by atoms with Gasteiger partial charge < -0.3 is 15.4 Å². The summed E-state index contributed by atoms with van der Waals surface area (Å²) in [5.41, 5.74) is -1.16. The first-order valence-corrected chi connectivity index (χ1v) is 7.47. The van der Waals surface area contributed by atoms with E-state index in [-0.39, 0.29) is 23.8 Å². The van der Waals surface area contributed by atoms with Gasteiger partial charge in [0.1, 0.15) is 0 Å². The Morgan fingerprint density at radius 1 is 1.35 bits per heavy atom. The topological polar surface area (TPSA) is 50.4 Å². The number of rotatable bonds is 4. The molecule has 2 N–H and O–H groups in total. The number of piperidine rings is 1. The molecular formula is C16H21F3N2O2. The summed E-state index contributed by atoms with van der Waals surface area (Å²) in [6, 6.07) is 3.84. The molecule has 0 saturated carbocycles. The summed E-state index contributed by atoms with van der Waals surface area (Å²) < 4.78 is 44.1. The molecule has 0 unspecified atom stereocenters. The molecule has 1 aliphatic heterocycles. The second kappa shape index (κ2) is 6.88. The number of nitrogens with one attached hydrogen (secondary N) is 2. The molecule has 1 heterocycles. The number of benzene rings is 1. The van der Waals surface area contributed by atoms with Crippen LogP contribution in [0.5, 0.6) is 0 Å². The van der Waals surface area contributed by atoms with Crippen molar-refractivity contribution in [1.29, 1.82) is 0 Å². The van der Waals surface area contributed by atoms with Gasteiger partial charge >= 0.3 is 6.18 Å². The Morgan fingerprint density at radius 3 is 2.57 bits per heavy atom. The minimum absolute atomic E-state index is 0.129. The van der Waals surface area contributed by atoms with Crippen LogP contribution in [0.2, 0.25) is 0 Å². The molecule has 2 rings (SSSR count). The molecule has 0 aromatic heterocycles. The average molecular weight is 330 g/mol. The number of hydrogen-bond donors (Lipinski definition) is 2. The van der Waals surface area contributed by atoms with E-state index in [1.807, 2.05) is 0 Å². The Bertz CT molecular complexity index is 561. The van der Waals surface area contributed by atoms with Crippen LogP contribution in [-0.2, 0) is 15.7 Å². The minimum Gasteiger partial charge on any atom is -0.384 e. The summed E-state index contributed by atoms with van der Waals surface area (Å²) in [5.74, 6) is -0.294. The van der Waals surface area contributed by atoms with E-state index in [0.717, 1.165) is 6.07 Å². The number of halogens is 3. The summed E-state index contributed by atoms with van der Waals surface area (Å²) in [7, 11) is 1.52. The molecule has 1 aliphatic rings. The zero-order valence-electron chi connectivity index (χ0n) is 13.2. The van der Waals surface area contributed by atoms with Gasteiger partial charge in [0.05, 0.1) is 17.6 Å². The minimum atomic E-state index is -4.44. The van der Waals surface area contributed by atoms with Crippen molar-refractivity contribution in [2.75, 3.05) is 32.1 Å². The highest BCUT2D eigenvalue weighted by atomic mass is 19.4. The molecule has 128 valence electrons. The Labute approximate surface area is 133 Å². The number of methoxy groups -OCH3 is 1. The Kier molecular flexibility index (Phi) is 5.31. The van der Waals surface area contributed by atoms with Crippen LogP contribution >= 0.6 is 0 Å². The van der Waals surface area contributed by atoms with E-state index >= 15 is 0 Å². The third-order valence-electron chi connectivity index (χ3n) is 4.26. The van der Waals surface area contributed by atoms with Crippen molar-refractivity contribution < 1.29 is 22.7 Å². The Balaban J connectivity index is 2.22. The number of hydrogen-bond acceptors (Lipinski definition) is 3. The summed E-state index contributed by atoms with van der Waals surface area (Å²) in [5, 5.41) is 5.80. The Morgan fingerprint density at radius 2 is 2.00 bits per heavy atom. The number of carbonyl (C=O) groups is 1. The zero-order valence-corrected chi connectivity index (χ0v) is 13.2. The van der Waals surface area contributed by atoms with E-state index < -0.39 is 17.2 Å². The molecule has 7 heteroatoms. The summed E-state index contributed by atoms with van der Waals surface area (Å²) in [6.45, 7) is 3.00. The molecule has 1 aromatic rings. The van der Waals surface area contributed by atoms with Gasteiger partial charge in [0.2, 0.25) is 5.91 Å². The highest BCUT2D eigenvalue weighted by molar-refractivity contribution is 5.95. The highest BCUT2D eigenvalue weighted by Gasteiger charge is 2.40. The van der Waals surface area contributed by atoms with E-state index in [0.29, 0.717) is 25.9 Å². The second-order valence-corrected chi connectivity index (χ2v) is 5.94. The van der Waals surface area contributed by atoms with Gasteiger partial charge in [-0.2, -0.15) is 13.2 Å². The number of aryl methyl sites for hydroxylation is 1. The smallest absolute Gasteiger partial charge is 0.384 e. The molecule has 0 aliphatic carbocycles. The predicted octanol–water partition coefficient (Wildman–Crippen LogP) is 2.97. The fourth-order valence-electron chi connectivity index (χ4n) is 2.89. The Hall–Kier alpha value is -1.60. The van der Waals surface area contributed by atoms with Gasteiger partial charge in [0.15, 0.2) is 0 Å². The number of anilines is 1. The van der Waals surface area contributed by atoms with Crippen LogP contribution in [0.15, 0.2) is 18.2 Å². The van der Waals surface area contributed by atoms with Gasteiger partial charge in [0, 0.05) is 12.8 Å². The van der Waals surface area contributed by atoms with Gasteiger partial charge in [-0.15, -0.1) is 0 Å². The van der Waals surface area contributed by atoms with Crippen LogP contribution in [0.4, 0.5) is 18.9 Å². The van der Waals surface area contributed by atoms with Crippen molar-refractivity contribution in [3.8, 4) is 0 Å². The molecular weight excluding hydrogens is 309 g/mol. The van der Waals surface area contributed by atoms with Crippen molar-refractivity contribution in [3.05, 3.63) is 29.3 Å². The van der Waals surface area contributed by atoms with Crippen LogP contribution in [0, 0.1) is 12.3 Å². The normalized spacial score (nSPS) is 17.8. The summed E-state index contributed by atoms with van der Waals surface area (Å²) in [4.78, 5) is 12.6. The molecule has 0 atom stereocenters. The number of carbonyl (C=O) groups excluding carboxylic acids is 1. The SMILES string of the molecule is COCC1(C(=O)Nc2ccc(C)c(C(F)(F)F)c2)CCNCC1. The molecule has 1 fully saturated rings. The maximum Gasteiger partial charge on any atom is 0.416 e. The first-order chi connectivity index (χ1) is 10.8. The van der Waals surface area contributed by atoms with Crippen molar-refractivity contribution in [2.45, 2.75) is 25.9 Å². The quantitative estimate of drug-likeness (QED) is 0.892. The standard InChI is InChI=1S/C16H21F3N2O2/c1-11-3-4-12(9-13(11)16(17,18)19)21-14(22)15(10-23-2)5-7-20-8-6-15/h3-4,9,20H,5-8,10H2,1-2H3,(H,21,22). The molecule has 1 aromatic carbocycles. The lowest BCUT2D eigenvalue weighted by Crippen LogP contribution is -2.47. The molecule has 1 saturated heterocycles. The second-order valence-electron chi connectivity index (χ2n) is 5.94. The van der Waals surface area contributed by atoms with E-state index in [1.54, 1.807) is 0 Å². The molecule has 4 nitrogen and oxygen atoms in total. The van der Waals surface area contributed by atoms with E-state index in [1.165, 1.54) is 26.2 Å². The van der Waals surface area contributed by atoms with Crippen molar-refractivity contribution in [1.82, 2.24) is 5.32 Å². The van der Waals surface area contributed by atoms with Gasteiger partial charge in [-0.1, -0.05) is 6.07 Å². The number of alkyl halides is 3. The van der Waals surface area contributed by atoms with Crippen LogP contribution in [0.1, 0.15) is 24.0 Å². The van der Waals surface area contributed by atoms with E-state index in [9.17, 15) is 18.0 Å². The fourth-order valence-corrected chi connectivity index (χ4v) is 2.89. The lowest BCUT2D eigenvalue weighted by Gasteiger charge is -2.35. The molecule has 0 radical (unpaired) electrons. The third kappa shape index (κ3) is 4.03. The van der Waals surface area contributed by atoms with Crippen LogP contribution in [0.25, 0.3) is 0 Å². The fraction of sp³-hybridized carbons (Fsp3) is 0.562. The largest absolute Gasteiger partial charge is 0.416 e. The lowest BCUT2D eigenvalue weighted by atomic mass is 9.78. The maximum absolute atomic E-state index is 13.0. The van der Waals surface area contributed by atoms with E-state index in [4.69, 9.17) is 4.74 Å².